The molecule has 8 heteroatoms. The summed E-state index contributed by atoms with van der Waals surface area (Å²) in [6.45, 7) is 5.67. The molecule has 0 bridgehead atoms. The summed E-state index contributed by atoms with van der Waals surface area (Å²) in [6, 6.07) is 23.2. The SMILES string of the molecule is C[C@H]1CN([C@@H](C)CO)C(=O)c2cc(NC(=O)Cc3cn(C)c4ccccc34)ccc2O[C@@H]1CN(C)Cc1ccccc1. The molecule has 0 aliphatic carbocycles. The van der Waals surface area contributed by atoms with Gasteiger partial charge < -0.3 is 24.6 Å². The average Bonchev–Trinajstić information content (AvgIpc) is 3.29. The molecule has 0 unspecified atom stereocenters. The van der Waals surface area contributed by atoms with E-state index in [2.05, 4.69) is 36.3 Å². The van der Waals surface area contributed by atoms with Crippen LogP contribution in [0.2, 0.25) is 0 Å². The normalized spacial score (nSPS) is 17.9. The number of benzene rings is 3. The third kappa shape index (κ3) is 6.50. The van der Waals surface area contributed by atoms with Crippen LogP contribution in [0.25, 0.3) is 10.9 Å². The van der Waals surface area contributed by atoms with E-state index in [0.29, 0.717) is 30.1 Å². The lowest BCUT2D eigenvalue weighted by Gasteiger charge is -2.38. The fourth-order valence-corrected chi connectivity index (χ4v) is 5.73. The average molecular weight is 569 g/mol. The zero-order chi connectivity index (χ0) is 29.8. The summed E-state index contributed by atoms with van der Waals surface area (Å²) in [5, 5.41) is 14.0. The standard InChI is InChI=1S/C34H40N4O4/c1-23-18-38(24(2)22-39)34(41)29-17-27(35-33(40)16-26-20-37(4)30-13-9-8-12-28(26)30)14-15-31(29)42-32(23)21-36(3)19-25-10-6-5-7-11-25/h5-15,17,20,23-24,32,39H,16,18-19,21-22H2,1-4H3,(H,35,40)/t23-,24-,32+/m0/s1. The van der Waals surface area contributed by atoms with E-state index in [-0.39, 0.29) is 42.9 Å². The number of aryl methyl sites for hydroxylation is 1. The number of aliphatic hydroxyl groups excluding tert-OH is 1. The molecule has 1 aliphatic heterocycles. The smallest absolute Gasteiger partial charge is 0.258 e. The van der Waals surface area contributed by atoms with Gasteiger partial charge in [-0.25, -0.2) is 0 Å². The zero-order valence-corrected chi connectivity index (χ0v) is 24.8. The van der Waals surface area contributed by atoms with E-state index in [1.165, 1.54) is 5.56 Å². The molecule has 5 rings (SSSR count). The maximum atomic E-state index is 13.8. The topological polar surface area (TPSA) is 87.0 Å². The van der Waals surface area contributed by atoms with Crippen molar-refractivity contribution in [2.24, 2.45) is 13.0 Å². The van der Waals surface area contributed by atoms with Crippen LogP contribution >= 0.6 is 0 Å². The lowest BCUT2D eigenvalue weighted by atomic mass is 9.99. The molecule has 0 radical (unpaired) electrons. The predicted molar refractivity (Wildman–Crippen MR) is 166 cm³/mol. The first kappa shape index (κ1) is 29.4. The quantitative estimate of drug-likeness (QED) is 0.305. The van der Waals surface area contributed by atoms with Crippen molar-refractivity contribution in [3.8, 4) is 5.75 Å². The largest absolute Gasteiger partial charge is 0.488 e. The Balaban J connectivity index is 1.37. The molecule has 1 aliphatic rings. The van der Waals surface area contributed by atoms with Crippen LogP contribution in [0.4, 0.5) is 5.69 Å². The Morgan fingerprint density at radius 2 is 1.86 bits per heavy atom. The fourth-order valence-electron chi connectivity index (χ4n) is 5.73. The first-order chi connectivity index (χ1) is 20.2. The highest BCUT2D eigenvalue weighted by Crippen LogP contribution is 2.31. The summed E-state index contributed by atoms with van der Waals surface area (Å²) in [7, 11) is 4.04. The van der Waals surface area contributed by atoms with Crippen LogP contribution in [0.5, 0.6) is 5.75 Å². The number of para-hydroxylation sites is 1. The minimum atomic E-state index is -0.363. The Kier molecular flexibility index (Phi) is 8.94. The van der Waals surface area contributed by atoms with Gasteiger partial charge in [0.15, 0.2) is 0 Å². The summed E-state index contributed by atoms with van der Waals surface area (Å²) in [5.74, 6) is 0.112. The highest BCUT2D eigenvalue weighted by Gasteiger charge is 2.33. The molecule has 4 aromatic rings. The minimum absolute atomic E-state index is 0.0226. The zero-order valence-electron chi connectivity index (χ0n) is 24.8. The van der Waals surface area contributed by atoms with Crippen molar-refractivity contribution in [2.75, 3.05) is 32.1 Å². The van der Waals surface area contributed by atoms with Gasteiger partial charge in [0, 0.05) is 55.4 Å². The Bertz CT molecular complexity index is 1550. The number of anilines is 1. The predicted octanol–water partition coefficient (Wildman–Crippen LogP) is 4.71. The number of aliphatic hydroxyl groups is 1. The van der Waals surface area contributed by atoms with E-state index in [0.717, 1.165) is 23.0 Å². The number of hydrogen-bond acceptors (Lipinski definition) is 5. The van der Waals surface area contributed by atoms with E-state index in [1.807, 2.05) is 67.2 Å². The maximum Gasteiger partial charge on any atom is 0.258 e. The van der Waals surface area contributed by atoms with Gasteiger partial charge in [0.05, 0.1) is 24.6 Å². The second-order valence-electron chi connectivity index (χ2n) is 11.5. The minimum Gasteiger partial charge on any atom is -0.488 e. The molecule has 2 heterocycles. The van der Waals surface area contributed by atoms with E-state index >= 15 is 0 Å². The number of aromatic nitrogens is 1. The van der Waals surface area contributed by atoms with Crippen LogP contribution in [0.3, 0.4) is 0 Å². The molecule has 1 aromatic heterocycles. The number of nitrogens with one attached hydrogen (secondary N) is 1. The van der Waals surface area contributed by atoms with E-state index in [1.54, 1.807) is 23.1 Å². The summed E-state index contributed by atoms with van der Waals surface area (Å²) in [5.41, 5.74) is 4.13. The molecule has 0 fully saturated rings. The summed E-state index contributed by atoms with van der Waals surface area (Å²) < 4.78 is 8.55. The molecule has 0 saturated carbocycles. The monoisotopic (exact) mass is 568 g/mol. The van der Waals surface area contributed by atoms with Crippen LogP contribution in [0.15, 0.2) is 79.0 Å². The Hall–Kier alpha value is -4.14. The van der Waals surface area contributed by atoms with Gasteiger partial charge in [0.2, 0.25) is 5.91 Å². The molecule has 8 nitrogen and oxygen atoms in total. The van der Waals surface area contributed by atoms with Gasteiger partial charge in [-0.1, -0.05) is 55.5 Å². The van der Waals surface area contributed by atoms with Crippen molar-refractivity contribution < 1.29 is 19.4 Å². The van der Waals surface area contributed by atoms with Crippen molar-refractivity contribution in [2.45, 2.75) is 39.0 Å². The molecule has 2 N–H and O–H groups in total. The number of rotatable bonds is 9. The van der Waals surface area contributed by atoms with Gasteiger partial charge in [-0.3, -0.25) is 14.5 Å². The van der Waals surface area contributed by atoms with Crippen LogP contribution in [0, 0.1) is 5.92 Å². The van der Waals surface area contributed by atoms with E-state index in [9.17, 15) is 14.7 Å². The number of carbonyl (C=O) groups is 2. The van der Waals surface area contributed by atoms with Gasteiger partial charge >= 0.3 is 0 Å². The third-order valence-corrected chi connectivity index (χ3v) is 8.07. The lowest BCUT2D eigenvalue weighted by Crippen LogP contribution is -2.49. The highest BCUT2D eigenvalue weighted by molar-refractivity contribution is 6.00. The van der Waals surface area contributed by atoms with Gasteiger partial charge in [0.1, 0.15) is 11.9 Å². The molecule has 0 saturated heterocycles. The second-order valence-corrected chi connectivity index (χ2v) is 11.5. The van der Waals surface area contributed by atoms with Crippen LogP contribution in [0.1, 0.15) is 35.3 Å². The molecular weight excluding hydrogens is 528 g/mol. The fraction of sp³-hybridized carbons (Fsp3) is 0.353. The third-order valence-electron chi connectivity index (χ3n) is 8.07. The van der Waals surface area contributed by atoms with Crippen molar-refractivity contribution in [1.82, 2.24) is 14.4 Å². The molecule has 42 heavy (non-hydrogen) atoms. The Morgan fingerprint density at radius 3 is 2.62 bits per heavy atom. The molecule has 3 atom stereocenters. The summed E-state index contributed by atoms with van der Waals surface area (Å²) in [4.78, 5) is 30.8. The van der Waals surface area contributed by atoms with Crippen LogP contribution in [-0.2, 0) is 24.8 Å². The molecular formula is C34H40N4O4. The van der Waals surface area contributed by atoms with Gasteiger partial charge in [-0.15, -0.1) is 0 Å². The first-order valence-electron chi connectivity index (χ1n) is 14.5. The van der Waals surface area contributed by atoms with Crippen molar-refractivity contribution in [3.05, 3.63) is 95.7 Å². The van der Waals surface area contributed by atoms with E-state index in [4.69, 9.17) is 4.74 Å². The van der Waals surface area contributed by atoms with E-state index < -0.39 is 0 Å². The van der Waals surface area contributed by atoms with Gasteiger partial charge in [-0.05, 0) is 49.4 Å². The highest BCUT2D eigenvalue weighted by atomic mass is 16.5. The molecule has 3 aromatic carbocycles. The number of likely N-dealkylation sites (N-methyl/N-ethyl adjacent to an activating group) is 1. The summed E-state index contributed by atoms with van der Waals surface area (Å²) in [6.07, 6.45) is 2.00. The lowest BCUT2D eigenvalue weighted by molar-refractivity contribution is -0.115. The number of amides is 2. The second kappa shape index (κ2) is 12.8. The number of hydrogen-bond donors (Lipinski definition) is 2. The van der Waals surface area contributed by atoms with Crippen LogP contribution in [-0.4, -0.2) is 70.2 Å². The number of fused-ring (bicyclic) bond motifs is 2. The molecule has 0 spiro atoms. The van der Waals surface area contributed by atoms with Crippen molar-refractivity contribution >= 4 is 28.4 Å². The Morgan fingerprint density at radius 1 is 1.12 bits per heavy atom. The van der Waals surface area contributed by atoms with Gasteiger partial charge in [0.25, 0.3) is 5.91 Å². The molecule has 2 amide bonds. The Labute approximate surface area is 247 Å². The van der Waals surface area contributed by atoms with Crippen molar-refractivity contribution in [3.63, 3.8) is 0 Å². The number of nitrogens with zero attached hydrogens (tertiary/aromatic N) is 3. The van der Waals surface area contributed by atoms with Crippen molar-refractivity contribution in [1.29, 1.82) is 0 Å². The molecule has 220 valence electrons. The summed E-state index contributed by atoms with van der Waals surface area (Å²) >= 11 is 0. The van der Waals surface area contributed by atoms with Crippen LogP contribution < -0.4 is 10.1 Å². The number of carbonyl (C=O) groups excluding carboxylic acids is 2. The maximum absolute atomic E-state index is 13.8. The number of ether oxygens (including phenoxy) is 1. The van der Waals surface area contributed by atoms with Gasteiger partial charge in [-0.2, -0.15) is 0 Å². The first-order valence-corrected chi connectivity index (χ1v) is 14.5.